The maximum atomic E-state index is 12.7. The first-order valence-electron chi connectivity index (χ1n) is 25.2. The van der Waals surface area contributed by atoms with Crippen molar-refractivity contribution >= 4 is 17.9 Å². The monoisotopic (exact) mass is 859 g/mol. The van der Waals surface area contributed by atoms with Crippen LogP contribution in [-0.2, 0) is 28.6 Å². The Balaban J connectivity index is 4.18. The third-order valence-electron chi connectivity index (χ3n) is 11.3. The molecule has 354 valence electrons. The fourth-order valence-corrected chi connectivity index (χ4v) is 7.40. The molecule has 0 rings (SSSR count). The number of likely N-dealkylation sites (N-methyl/N-ethyl adjacent to an activating group) is 1. The average molecular weight is 859 g/mol. The Morgan fingerprint density at radius 1 is 0.508 bits per heavy atom. The zero-order chi connectivity index (χ0) is 44.9. The van der Waals surface area contributed by atoms with Gasteiger partial charge in [0.1, 0.15) is 6.61 Å². The molecular formula is C53H96NO7+. The molecule has 0 aromatic rings. The van der Waals surface area contributed by atoms with E-state index in [0.717, 1.165) is 44.9 Å². The summed E-state index contributed by atoms with van der Waals surface area (Å²) in [5, 5.41) is 9.63. The van der Waals surface area contributed by atoms with Gasteiger partial charge in [-0.3, -0.25) is 9.59 Å². The molecule has 8 nitrogen and oxygen atoms in total. The van der Waals surface area contributed by atoms with E-state index >= 15 is 0 Å². The minimum Gasteiger partial charge on any atom is -0.477 e. The van der Waals surface area contributed by atoms with E-state index < -0.39 is 18.1 Å². The quantitative estimate of drug-likeness (QED) is 0.0282. The van der Waals surface area contributed by atoms with Crippen molar-refractivity contribution in [1.82, 2.24) is 0 Å². The van der Waals surface area contributed by atoms with Gasteiger partial charge in [0.2, 0.25) is 0 Å². The number of nitrogens with zero attached hydrogens (tertiary/aromatic N) is 1. The lowest BCUT2D eigenvalue weighted by Gasteiger charge is -2.31. The Morgan fingerprint density at radius 2 is 0.918 bits per heavy atom. The van der Waals surface area contributed by atoms with Crippen LogP contribution in [-0.4, -0.2) is 80.6 Å². The summed E-state index contributed by atoms with van der Waals surface area (Å²) in [6.45, 7) is 4.57. The zero-order valence-corrected chi connectivity index (χ0v) is 40.4. The van der Waals surface area contributed by atoms with Gasteiger partial charge >= 0.3 is 17.9 Å². The molecule has 0 fully saturated rings. The Hall–Kier alpha value is -2.71. The number of hydrogen-bond donors (Lipinski definition) is 1. The van der Waals surface area contributed by atoms with E-state index in [1.54, 1.807) is 0 Å². The number of carbonyl (C=O) groups is 3. The van der Waals surface area contributed by atoms with E-state index in [1.807, 2.05) is 33.3 Å². The van der Waals surface area contributed by atoms with Crippen LogP contribution < -0.4 is 0 Å². The Morgan fingerprint density at radius 3 is 1.33 bits per heavy atom. The van der Waals surface area contributed by atoms with E-state index in [2.05, 4.69) is 50.3 Å². The molecule has 8 heteroatoms. The minimum atomic E-state index is -0.885. The predicted molar refractivity (Wildman–Crippen MR) is 257 cm³/mol. The van der Waals surface area contributed by atoms with Crippen molar-refractivity contribution in [3.63, 3.8) is 0 Å². The highest BCUT2D eigenvalue weighted by atomic mass is 16.6. The van der Waals surface area contributed by atoms with Crippen molar-refractivity contribution < 1.29 is 38.2 Å². The van der Waals surface area contributed by atoms with E-state index in [9.17, 15) is 19.5 Å². The highest BCUT2D eigenvalue weighted by Crippen LogP contribution is 2.16. The van der Waals surface area contributed by atoms with Gasteiger partial charge in [-0.05, 0) is 38.5 Å². The summed E-state index contributed by atoms with van der Waals surface area (Å²) < 4.78 is 17.2. The first-order chi connectivity index (χ1) is 29.6. The lowest BCUT2D eigenvalue weighted by Crippen LogP contribution is -2.50. The van der Waals surface area contributed by atoms with Crippen molar-refractivity contribution in [2.24, 2.45) is 0 Å². The number of quaternary nitrogens is 1. The molecule has 0 spiro atoms. The second-order valence-electron chi connectivity index (χ2n) is 18.1. The van der Waals surface area contributed by atoms with Gasteiger partial charge in [0.15, 0.2) is 12.1 Å². The lowest BCUT2D eigenvalue weighted by molar-refractivity contribution is -0.887. The van der Waals surface area contributed by atoms with Gasteiger partial charge in [-0.25, -0.2) is 4.79 Å². The maximum Gasteiger partial charge on any atom is 0.362 e. The molecule has 0 heterocycles. The molecule has 2 unspecified atom stereocenters. The number of hydrogen-bond acceptors (Lipinski definition) is 6. The molecule has 0 aromatic carbocycles. The van der Waals surface area contributed by atoms with Crippen LogP contribution in [0.15, 0.2) is 48.6 Å². The molecule has 61 heavy (non-hydrogen) atoms. The highest BCUT2D eigenvalue weighted by Gasteiger charge is 2.31. The fourth-order valence-electron chi connectivity index (χ4n) is 7.40. The zero-order valence-electron chi connectivity index (χ0n) is 40.4. The van der Waals surface area contributed by atoms with Gasteiger partial charge in [0.25, 0.3) is 0 Å². The molecule has 2 atom stereocenters. The summed E-state index contributed by atoms with van der Waals surface area (Å²) >= 11 is 0. The largest absolute Gasteiger partial charge is 0.477 e. The highest BCUT2D eigenvalue weighted by molar-refractivity contribution is 5.72. The molecule has 0 aliphatic heterocycles. The van der Waals surface area contributed by atoms with Gasteiger partial charge in [-0.2, -0.15) is 0 Å². The van der Waals surface area contributed by atoms with E-state index in [1.165, 1.54) is 135 Å². The molecule has 0 bridgehead atoms. The first-order valence-corrected chi connectivity index (χ1v) is 25.2. The van der Waals surface area contributed by atoms with E-state index in [-0.39, 0.29) is 42.7 Å². The van der Waals surface area contributed by atoms with Crippen LogP contribution >= 0.6 is 0 Å². The van der Waals surface area contributed by atoms with Crippen molar-refractivity contribution in [2.45, 2.75) is 231 Å². The van der Waals surface area contributed by atoms with E-state index in [0.29, 0.717) is 19.3 Å². The summed E-state index contributed by atoms with van der Waals surface area (Å²) in [5.74, 6) is -1.56. The molecule has 0 saturated heterocycles. The molecule has 0 aliphatic rings. The molecule has 1 N–H and O–H groups in total. The second-order valence-corrected chi connectivity index (χ2v) is 18.1. The minimum absolute atomic E-state index is 0.0337. The van der Waals surface area contributed by atoms with E-state index in [4.69, 9.17) is 14.2 Å². The molecule has 0 aromatic heterocycles. The van der Waals surface area contributed by atoms with Crippen LogP contribution in [0.4, 0.5) is 0 Å². The topological polar surface area (TPSA) is 99.1 Å². The number of aliphatic carboxylic acids is 1. The summed E-state index contributed by atoms with van der Waals surface area (Å²) in [6.07, 6.45) is 53.4. The van der Waals surface area contributed by atoms with Crippen molar-refractivity contribution in [1.29, 1.82) is 0 Å². The smallest absolute Gasteiger partial charge is 0.362 e. The Bertz CT molecular complexity index is 1140. The Labute approximate surface area is 376 Å². The molecular weight excluding hydrogens is 763 g/mol. The fraction of sp³-hybridized carbons (Fsp3) is 0.792. The van der Waals surface area contributed by atoms with Crippen LogP contribution in [0.2, 0.25) is 0 Å². The number of unbranched alkanes of at least 4 members (excludes halogenated alkanes) is 23. The van der Waals surface area contributed by atoms with Gasteiger partial charge in [-0.1, -0.05) is 210 Å². The second kappa shape index (κ2) is 43.9. The lowest BCUT2D eigenvalue weighted by atomic mass is 10.0. The van der Waals surface area contributed by atoms with Gasteiger partial charge in [0.05, 0.1) is 34.4 Å². The third kappa shape index (κ3) is 42.4. The standard InChI is InChI=1S/C53H95NO7/c1-6-8-10-12-14-16-18-20-21-22-23-24-25-26-27-28-29-30-32-33-35-37-39-41-43-51(55)60-48-49(47-59-46-45-50(53(57)58)54(3,4)5)61-52(56)44-42-40-38-36-34-31-19-17-15-13-11-9-7-2/h9,11,15,17,31,34,38,40,49-50H,6-8,10,12-14,16,18-30,32-33,35-37,39,41-48H2,1-5H3/p+1/b11-9-,17-15-,34-31-,40-38-. The molecule has 0 amide bonds. The summed E-state index contributed by atoms with van der Waals surface area (Å²) in [4.78, 5) is 37.0. The summed E-state index contributed by atoms with van der Waals surface area (Å²) in [5.41, 5.74) is 0. The Kier molecular flexibility index (Phi) is 42.0. The SMILES string of the molecule is CC/C=C\C/C=C\C/C=C\C/C=C\CCC(=O)OC(COCCC(C(=O)O)[N+](C)(C)C)COC(=O)CCCCCCCCCCCCCCCCCCCCCCCCCC. The van der Waals surface area contributed by atoms with Crippen LogP contribution in [0.3, 0.4) is 0 Å². The third-order valence-corrected chi connectivity index (χ3v) is 11.3. The number of carboxylic acid groups (broad SMARTS) is 1. The number of carboxylic acids is 1. The average Bonchev–Trinajstić information content (AvgIpc) is 3.22. The number of allylic oxidation sites excluding steroid dienone is 8. The molecule has 0 saturated carbocycles. The summed E-state index contributed by atoms with van der Waals surface area (Å²) in [7, 11) is 5.51. The van der Waals surface area contributed by atoms with Gasteiger partial charge in [-0.15, -0.1) is 0 Å². The van der Waals surface area contributed by atoms with Crippen LogP contribution in [0.5, 0.6) is 0 Å². The number of rotatable bonds is 45. The van der Waals surface area contributed by atoms with Crippen LogP contribution in [0.25, 0.3) is 0 Å². The predicted octanol–water partition coefficient (Wildman–Crippen LogP) is 14.4. The first kappa shape index (κ1) is 58.3. The van der Waals surface area contributed by atoms with Crippen LogP contribution in [0, 0.1) is 0 Å². The van der Waals surface area contributed by atoms with Crippen LogP contribution in [0.1, 0.15) is 219 Å². The number of esters is 2. The maximum absolute atomic E-state index is 12.7. The number of ether oxygens (including phenoxy) is 3. The van der Waals surface area contributed by atoms with Gasteiger partial charge < -0.3 is 23.8 Å². The van der Waals surface area contributed by atoms with Crippen molar-refractivity contribution in [2.75, 3.05) is 41.0 Å². The van der Waals surface area contributed by atoms with Crippen molar-refractivity contribution in [3.05, 3.63) is 48.6 Å². The van der Waals surface area contributed by atoms with Crippen molar-refractivity contribution in [3.8, 4) is 0 Å². The summed E-state index contributed by atoms with van der Waals surface area (Å²) in [6, 6.07) is -0.626. The molecule has 0 radical (unpaired) electrons. The molecule has 0 aliphatic carbocycles. The van der Waals surface area contributed by atoms with Gasteiger partial charge in [0, 0.05) is 19.3 Å². The number of carbonyl (C=O) groups excluding carboxylic acids is 2. The normalized spacial score (nSPS) is 13.3.